The minimum Gasteiger partial charge on any atom is -0.307 e. The van der Waals surface area contributed by atoms with E-state index in [-0.39, 0.29) is 20.5 Å². The van der Waals surface area contributed by atoms with Crippen LogP contribution >= 0.6 is 23.4 Å². The Morgan fingerprint density at radius 3 is 2.90 bits per heavy atom. The highest BCUT2D eigenvalue weighted by Gasteiger charge is 2.31. The second-order valence-corrected chi connectivity index (χ2v) is 8.73. The molecule has 0 radical (unpaired) electrons. The van der Waals surface area contributed by atoms with Crippen LogP contribution in [0.3, 0.4) is 0 Å². The first-order valence-corrected chi connectivity index (χ1v) is 8.97. The van der Waals surface area contributed by atoms with Gasteiger partial charge in [0.25, 0.3) is 0 Å². The summed E-state index contributed by atoms with van der Waals surface area (Å²) in [5.41, 5.74) is 2.30. The number of hydrogen-bond acceptors (Lipinski definition) is 6. The van der Waals surface area contributed by atoms with Crippen molar-refractivity contribution in [1.29, 1.82) is 0 Å². The van der Waals surface area contributed by atoms with Crippen molar-refractivity contribution in [2.24, 2.45) is 5.84 Å². The van der Waals surface area contributed by atoms with Crippen LogP contribution in [-0.2, 0) is 10.0 Å². The number of pyridine rings is 1. The summed E-state index contributed by atoms with van der Waals surface area (Å²) in [6.45, 7) is 2.47. The van der Waals surface area contributed by atoms with Gasteiger partial charge in [0.1, 0.15) is 4.90 Å². The molecule has 0 amide bonds. The van der Waals surface area contributed by atoms with Crippen molar-refractivity contribution < 1.29 is 8.42 Å². The molecule has 4 N–H and O–H groups in total. The molecule has 0 spiro atoms. The highest BCUT2D eigenvalue weighted by molar-refractivity contribution is 8.01. The highest BCUT2D eigenvalue weighted by Crippen LogP contribution is 2.37. The molecule has 1 atom stereocenters. The van der Waals surface area contributed by atoms with E-state index in [2.05, 4.69) is 22.1 Å². The number of nitrogen functional groups attached to an aromatic ring is 1. The zero-order chi connectivity index (χ0) is 14.8. The van der Waals surface area contributed by atoms with Crippen molar-refractivity contribution >= 4 is 39.2 Å². The molecule has 112 valence electrons. The van der Waals surface area contributed by atoms with Gasteiger partial charge in [0.15, 0.2) is 5.82 Å². The topological polar surface area (TPSA) is 97.1 Å². The molecular weight excluding hydrogens is 320 g/mol. The normalized spacial score (nSPS) is 22.9. The first-order valence-electron chi connectivity index (χ1n) is 6.12. The van der Waals surface area contributed by atoms with Gasteiger partial charge in [-0.3, -0.25) is 0 Å². The van der Waals surface area contributed by atoms with Crippen LogP contribution < -0.4 is 16.0 Å². The number of thioether (sulfide) groups is 1. The van der Waals surface area contributed by atoms with Gasteiger partial charge in [-0.25, -0.2) is 24.0 Å². The van der Waals surface area contributed by atoms with Crippen molar-refractivity contribution in [3.05, 3.63) is 17.3 Å². The molecule has 0 aromatic carbocycles. The quantitative estimate of drug-likeness (QED) is 0.558. The summed E-state index contributed by atoms with van der Waals surface area (Å²) in [6.07, 6.45) is 3.36. The minimum atomic E-state index is -3.61. The first-order chi connectivity index (χ1) is 9.36. The van der Waals surface area contributed by atoms with Gasteiger partial charge in [0.2, 0.25) is 10.0 Å². The number of halogens is 1. The predicted molar refractivity (Wildman–Crippen MR) is 82.3 cm³/mol. The number of hydrogen-bond donors (Lipinski definition) is 3. The largest absolute Gasteiger partial charge is 0.307 e. The molecule has 6 nitrogen and oxygen atoms in total. The van der Waals surface area contributed by atoms with E-state index in [0.717, 1.165) is 18.6 Å². The van der Waals surface area contributed by atoms with Crippen molar-refractivity contribution in [3.63, 3.8) is 0 Å². The fraction of sp³-hybridized carbons (Fsp3) is 0.545. The highest BCUT2D eigenvalue weighted by atomic mass is 35.5. The van der Waals surface area contributed by atoms with Crippen molar-refractivity contribution in [1.82, 2.24) is 9.71 Å². The number of sulfonamides is 1. The van der Waals surface area contributed by atoms with Gasteiger partial charge >= 0.3 is 0 Å². The van der Waals surface area contributed by atoms with Gasteiger partial charge in [0, 0.05) is 17.5 Å². The van der Waals surface area contributed by atoms with E-state index in [1.807, 2.05) is 0 Å². The Bertz CT molecular complexity index is 588. The molecule has 1 unspecified atom stereocenters. The Morgan fingerprint density at radius 2 is 2.35 bits per heavy atom. The molecular formula is C11H17ClN4O2S2. The zero-order valence-corrected chi connectivity index (χ0v) is 13.4. The summed E-state index contributed by atoms with van der Waals surface area (Å²) < 4.78 is 27.0. The third-order valence-electron chi connectivity index (χ3n) is 3.20. The van der Waals surface area contributed by atoms with E-state index < -0.39 is 10.0 Å². The number of nitrogens with one attached hydrogen (secondary N) is 2. The first kappa shape index (κ1) is 15.8. The summed E-state index contributed by atoms with van der Waals surface area (Å²) >= 11 is 7.68. The molecule has 1 saturated heterocycles. The Kier molecular flexibility index (Phi) is 4.80. The van der Waals surface area contributed by atoms with Crippen molar-refractivity contribution in [3.8, 4) is 0 Å². The lowest BCUT2D eigenvalue weighted by molar-refractivity contribution is 0.552. The van der Waals surface area contributed by atoms with Gasteiger partial charge in [-0.1, -0.05) is 11.6 Å². The van der Waals surface area contributed by atoms with Crippen LogP contribution in [0.5, 0.6) is 0 Å². The van der Waals surface area contributed by atoms with Gasteiger partial charge in [-0.15, -0.1) is 0 Å². The van der Waals surface area contributed by atoms with Crippen LogP contribution in [0.1, 0.15) is 19.8 Å². The maximum absolute atomic E-state index is 12.2. The summed E-state index contributed by atoms with van der Waals surface area (Å²) in [4.78, 5) is 3.90. The number of aromatic nitrogens is 1. The van der Waals surface area contributed by atoms with E-state index in [9.17, 15) is 8.42 Å². The second-order valence-electron chi connectivity index (χ2n) is 4.87. The van der Waals surface area contributed by atoms with Crippen LogP contribution in [0.15, 0.2) is 17.2 Å². The molecule has 1 aromatic heterocycles. The van der Waals surface area contributed by atoms with E-state index in [4.69, 9.17) is 17.4 Å². The average Bonchev–Trinajstić information content (AvgIpc) is 2.84. The summed E-state index contributed by atoms with van der Waals surface area (Å²) in [5, 5.41) is 0.164. The Balaban J connectivity index is 2.12. The lowest BCUT2D eigenvalue weighted by Gasteiger charge is -2.22. The number of rotatable bonds is 5. The predicted octanol–water partition coefficient (Wildman–Crippen LogP) is 1.58. The molecule has 1 aromatic rings. The molecule has 2 rings (SSSR count). The van der Waals surface area contributed by atoms with Crippen LogP contribution in [0.4, 0.5) is 5.82 Å². The standard InChI is InChI=1S/C11H17ClN4O2S2/c1-11(3-2-4-19-11)7-15-20(17,18)8-5-9(12)10(16-13)14-6-8/h5-6,15H,2-4,7,13H2,1H3,(H,14,16). The van der Waals surface area contributed by atoms with Crippen molar-refractivity contribution in [2.45, 2.75) is 29.4 Å². The summed E-state index contributed by atoms with van der Waals surface area (Å²) in [6, 6.07) is 1.33. The molecule has 1 aliphatic rings. The van der Waals surface area contributed by atoms with Crippen LogP contribution in [0, 0.1) is 0 Å². The van der Waals surface area contributed by atoms with E-state index in [1.165, 1.54) is 12.3 Å². The number of nitrogens with zero attached hydrogens (tertiary/aromatic N) is 1. The summed E-state index contributed by atoms with van der Waals surface area (Å²) in [5.74, 6) is 6.52. The average molecular weight is 337 g/mol. The van der Waals surface area contributed by atoms with Gasteiger partial charge < -0.3 is 5.43 Å². The molecule has 20 heavy (non-hydrogen) atoms. The number of hydrazine groups is 1. The lowest BCUT2D eigenvalue weighted by atomic mass is 10.1. The molecule has 0 bridgehead atoms. The monoisotopic (exact) mass is 336 g/mol. The molecule has 1 fully saturated rings. The fourth-order valence-electron chi connectivity index (χ4n) is 1.98. The smallest absolute Gasteiger partial charge is 0.242 e. The summed E-state index contributed by atoms with van der Waals surface area (Å²) in [7, 11) is -3.61. The second kappa shape index (κ2) is 6.07. The fourth-order valence-corrected chi connectivity index (χ4v) is 4.74. The number of nitrogens with two attached hydrogens (primary N) is 1. The number of anilines is 1. The lowest BCUT2D eigenvalue weighted by Crippen LogP contribution is -2.36. The van der Waals surface area contributed by atoms with Gasteiger partial charge in [-0.05, 0) is 31.6 Å². The molecule has 9 heteroatoms. The van der Waals surface area contributed by atoms with Crippen LogP contribution in [0.25, 0.3) is 0 Å². The van der Waals surface area contributed by atoms with Crippen LogP contribution in [-0.4, -0.2) is 30.4 Å². The third kappa shape index (κ3) is 3.56. The Labute approximate surface area is 127 Å². The molecule has 0 aliphatic carbocycles. The van der Waals surface area contributed by atoms with Gasteiger partial charge in [-0.2, -0.15) is 11.8 Å². The zero-order valence-electron chi connectivity index (χ0n) is 11.0. The maximum atomic E-state index is 12.2. The molecule has 2 heterocycles. The van der Waals surface area contributed by atoms with Gasteiger partial charge in [0.05, 0.1) is 5.02 Å². The molecule has 0 saturated carbocycles. The third-order valence-corrected chi connectivity index (χ3v) is 6.39. The Hall–Kier alpha value is -0.540. The Morgan fingerprint density at radius 1 is 1.60 bits per heavy atom. The van der Waals surface area contributed by atoms with E-state index in [0.29, 0.717) is 6.54 Å². The minimum absolute atomic E-state index is 0.0353. The SMILES string of the molecule is CC1(CNS(=O)(=O)c2cnc(NN)c(Cl)c2)CCCS1. The maximum Gasteiger partial charge on any atom is 0.242 e. The van der Waals surface area contributed by atoms with Crippen molar-refractivity contribution in [2.75, 3.05) is 17.7 Å². The van der Waals surface area contributed by atoms with E-state index >= 15 is 0 Å². The van der Waals surface area contributed by atoms with E-state index in [1.54, 1.807) is 11.8 Å². The van der Waals surface area contributed by atoms with Crippen LogP contribution in [0.2, 0.25) is 5.02 Å². The molecule has 1 aliphatic heterocycles.